The van der Waals surface area contributed by atoms with Crippen LogP contribution in [0.4, 0.5) is 4.39 Å². The van der Waals surface area contributed by atoms with Crippen molar-refractivity contribution in [3.8, 4) is 5.75 Å². The first-order chi connectivity index (χ1) is 14.7. The van der Waals surface area contributed by atoms with E-state index in [0.717, 1.165) is 0 Å². The number of methoxy groups -OCH3 is 1. The Bertz CT molecular complexity index is 1200. The van der Waals surface area contributed by atoms with Gasteiger partial charge in [0.2, 0.25) is 0 Å². The highest BCUT2D eigenvalue weighted by molar-refractivity contribution is 6.30. The van der Waals surface area contributed by atoms with Crippen molar-refractivity contribution in [2.75, 3.05) is 13.7 Å². The Balaban J connectivity index is 2.32. The van der Waals surface area contributed by atoms with Gasteiger partial charge in [0.15, 0.2) is 5.43 Å². The van der Waals surface area contributed by atoms with Gasteiger partial charge in [-0.05, 0) is 29.2 Å². The molecule has 0 saturated carbocycles. The number of aliphatic hydroxyl groups excluding tert-OH is 1. The third kappa shape index (κ3) is 4.29. The fourth-order valence-corrected chi connectivity index (χ4v) is 3.87. The molecule has 1 atom stereocenters. The van der Waals surface area contributed by atoms with E-state index in [-0.39, 0.29) is 29.4 Å². The third-order valence-corrected chi connectivity index (χ3v) is 5.67. The van der Waals surface area contributed by atoms with Gasteiger partial charge >= 0.3 is 0 Å². The molecule has 164 valence electrons. The van der Waals surface area contributed by atoms with Crippen LogP contribution in [0, 0.1) is 11.7 Å². The Labute approximate surface area is 183 Å². The molecule has 3 aromatic rings. The van der Waals surface area contributed by atoms with E-state index in [2.05, 4.69) is 0 Å². The monoisotopic (exact) mass is 446 g/mol. The standard InChI is InChI=1S/C23H23ClFNO5/c1-12(2)19(11-27)26-10-16(23(29)30)22(28)15-8-14(20(31-3)9-18(15)26)7-13-5-4-6-17(24)21(13)25/h4-6,8-10,12,19,27H,7,11H2,1-3H3,(H,29,30)/p-1/t19-/m1/s1. The molecule has 6 nitrogen and oxygen atoms in total. The number of pyridine rings is 1. The fourth-order valence-electron chi connectivity index (χ4n) is 3.68. The van der Waals surface area contributed by atoms with Crippen molar-refractivity contribution >= 4 is 28.5 Å². The number of carboxylic acids is 1. The quantitative estimate of drug-likeness (QED) is 0.602. The maximum Gasteiger partial charge on any atom is 0.198 e. The second-order valence-corrected chi connectivity index (χ2v) is 8.04. The van der Waals surface area contributed by atoms with Crippen molar-refractivity contribution in [2.24, 2.45) is 5.92 Å². The number of nitrogens with zero attached hydrogens (tertiary/aromatic N) is 1. The lowest BCUT2D eigenvalue weighted by molar-refractivity contribution is -0.255. The van der Waals surface area contributed by atoms with E-state index in [0.29, 0.717) is 22.4 Å². The molecular formula is C23H22ClFNO5-. The van der Waals surface area contributed by atoms with E-state index in [1.807, 2.05) is 13.8 Å². The Morgan fingerprint density at radius 2 is 2.00 bits per heavy atom. The summed E-state index contributed by atoms with van der Waals surface area (Å²) < 4.78 is 21.5. The number of fused-ring (bicyclic) bond motifs is 1. The molecular weight excluding hydrogens is 425 g/mol. The first-order valence-electron chi connectivity index (χ1n) is 9.70. The molecule has 1 aromatic heterocycles. The van der Waals surface area contributed by atoms with Crippen LogP contribution in [-0.4, -0.2) is 29.4 Å². The number of hydrogen-bond donors (Lipinski definition) is 1. The number of hydrogen-bond acceptors (Lipinski definition) is 5. The van der Waals surface area contributed by atoms with Gasteiger partial charge in [-0.3, -0.25) is 4.79 Å². The van der Waals surface area contributed by atoms with Gasteiger partial charge in [-0.2, -0.15) is 0 Å². The molecule has 1 heterocycles. The van der Waals surface area contributed by atoms with E-state index in [4.69, 9.17) is 16.3 Å². The van der Waals surface area contributed by atoms with E-state index in [1.165, 1.54) is 25.4 Å². The number of carbonyl (C=O) groups excluding carboxylic acids is 1. The first-order valence-corrected chi connectivity index (χ1v) is 10.1. The SMILES string of the molecule is COc1cc2c(cc1Cc1cccc(Cl)c1F)c(=O)c(C(=O)[O-])cn2[C@H](CO)C(C)C. The van der Waals surface area contributed by atoms with Crippen LogP contribution in [-0.2, 0) is 6.42 Å². The number of halogens is 2. The number of aromatic nitrogens is 1. The highest BCUT2D eigenvalue weighted by Crippen LogP contribution is 2.31. The van der Waals surface area contributed by atoms with Gasteiger partial charge in [-0.15, -0.1) is 0 Å². The van der Waals surface area contributed by atoms with Gasteiger partial charge in [-0.1, -0.05) is 37.6 Å². The van der Waals surface area contributed by atoms with Crippen molar-refractivity contribution in [3.63, 3.8) is 0 Å². The summed E-state index contributed by atoms with van der Waals surface area (Å²) in [5.41, 5.74) is -0.0499. The molecule has 8 heteroatoms. The molecule has 0 aliphatic carbocycles. The minimum atomic E-state index is -1.61. The van der Waals surface area contributed by atoms with Gasteiger partial charge in [-0.25, -0.2) is 4.39 Å². The van der Waals surface area contributed by atoms with E-state index >= 15 is 0 Å². The smallest absolute Gasteiger partial charge is 0.198 e. The zero-order chi connectivity index (χ0) is 22.9. The summed E-state index contributed by atoms with van der Waals surface area (Å²) in [6.07, 6.45) is 1.27. The molecule has 2 aromatic carbocycles. The number of carbonyl (C=O) groups is 1. The summed E-state index contributed by atoms with van der Waals surface area (Å²) in [6.45, 7) is 3.48. The number of ether oxygens (including phenoxy) is 1. The molecule has 3 rings (SSSR count). The van der Waals surface area contributed by atoms with Crippen LogP contribution >= 0.6 is 11.6 Å². The van der Waals surface area contributed by atoms with Crippen molar-refractivity contribution in [1.29, 1.82) is 0 Å². The largest absolute Gasteiger partial charge is 0.545 e. The molecule has 0 bridgehead atoms. The average Bonchev–Trinajstić information content (AvgIpc) is 2.72. The lowest BCUT2D eigenvalue weighted by atomic mass is 9.98. The van der Waals surface area contributed by atoms with E-state index < -0.39 is 28.8 Å². The zero-order valence-electron chi connectivity index (χ0n) is 17.3. The predicted octanol–water partition coefficient (Wildman–Crippen LogP) is 2.95. The summed E-state index contributed by atoms with van der Waals surface area (Å²) in [7, 11) is 1.45. The van der Waals surface area contributed by atoms with Gasteiger partial charge in [0.25, 0.3) is 0 Å². The molecule has 0 aliphatic rings. The second kappa shape index (κ2) is 9.08. The van der Waals surface area contributed by atoms with Gasteiger partial charge in [0.05, 0.1) is 41.8 Å². The molecule has 0 fully saturated rings. The number of carboxylic acid groups (broad SMARTS) is 1. The average molecular weight is 447 g/mol. The number of benzene rings is 2. The Morgan fingerprint density at radius 3 is 2.58 bits per heavy atom. The molecule has 31 heavy (non-hydrogen) atoms. The van der Waals surface area contributed by atoms with Crippen molar-refractivity contribution < 1.29 is 24.1 Å². The number of rotatable bonds is 7. The minimum Gasteiger partial charge on any atom is -0.545 e. The number of aromatic carboxylic acids is 1. The molecule has 0 spiro atoms. The van der Waals surface area contributed by atoms with E-state index in [9.17, 15) is 24.2 Å². The van der Waals surface area contributed by atoms with Gasteiger partial charge in [0.1, 0.15) is 11.6 Å². The molecule has 0 radical (unpaired) electrons. The van der Waals surface area contributed by atoms with Crippen molar-refractivity contribution in [3.05, 3.63) is 74.3 Å². The maximum absolute atomic E-state index is 14.4. The molecule has 0 saturated heterocycles. The highest BCUT2D eigenvalue weighted by atomic mass is 35.5. The van der Waals surface area contributed by atoms with Crippen molar-refractivity contribution in [1.82, 2.24) is 4.57 Å². The lowest BCUT2D eigenvalue weighted by Gasteiger charge is -2.26. The summed E-state index contributed by atoms with van der Waals surface area (Å²) in [6, 6.07) is 7.23. The van der Waals surface area contributed by atoms with Gasteiger partial charge in [0, 0.05) is 24.1 Å². The molecule has 0 amide bonds. The summed E-state index contributed by atoms with van der Waals surface area (Å²) in [5, 5.41) is 21.6. The molecule has 0 unspecified atom stereocenters. The van der Waals surface area contributed by atoms with Crippen LogP contribution in [0.3, 0.4) is 0 Å². The van der Waals surface area contributed by atoms with Crippen LogP contribution in [0.2, 0.25) is 5.02 Å². The first kappa shape index (κ1) is 22.8. The van der Waals surface area contributed by atoms with Crippen LogP contribution in [0.25, 0.3) is 10.9 Å². The predicted molar refractivity (Wildman–Crippen MR) is 114 cm³/mol. The van der Waals surface area contributed by atoms with Crippen LogP contribution in [0.5, 0.6) is 5.75 Å². The normalized spacial score (nSPS) is 12.4. The summed E-state index contributed by atoms with van der Waals surface area (Å²) >= 11 is 5.88. The Hall–Kier alpha value is -2.90. The molecule has 1 N–H and O–H groups in total. The number of aliphatic hydroxyl groups is 1. The second-order valence-electron chi connectivity index (χ2n) is 7.63. The lowest BCUT2D eigenvalue weighted by Crippen LogP contribution is -2.32. The van der Waals surface area contributed by atoms with Gasteiger partial charge < -0.3 is 24.3 Å². The Morgan fingerprint density at radius 1 is 1.29 bits per heavy atom. The molecule has 0 aliphatic heterocycles. The van der Waals surface area contributed by atoms with E-state index in [1.54, 1.807) is 22.8 Å². The third-order valence-electron chi connectivity index (χ3n) is 5.38. The minimum absolute atomic E-state index is 0.0263. The Kier molecular flexibility index (Phi) is 6.67. The topological polar surface area (TPSA) is 91.6 Å². The van der Waals surface area contributed by atoms with Crippen LogP contribution < -0.4 is 15.3 Å². The van der Waals surface area contributed by atoms with Crippen LogP contribution in [0.1, 0.15) is 41.4 Å². The maximum atomic E-state index is 14.4. The van der Waals surface area contributed by atoms with Crippen LogP contribution in [0.15, 0.2) is 41.3 Å². The highest BCUT2D eigenvalue weighted by Gasteiger charge is 2.21. The summed E-state index contributed by atoms with van der Waals surface area (Å²) in [5.74, 6) is -1.86. The van der Waals surface area contributed by atoms with Crippen molar-refractivity contribution in [2.45, 2.75) is 26.3 Å². The summed E-state index contributed by atoms with van der Waals surface area (Å²) in [4.78, 5) is 24.5. The fraction of sp³-hybridized carbons (Fsp3) is 0.304. The zero-order valence-corrected chi connectivity index (χ0v) is 18.1.